The number of urea groups is 1. The summed E-state index contributed by atoms with van der Waals surface area (Å²) in [6.45, 7) is 9.21. The third-order valence-electron chi connectivity index (χ3n) is 7.71. The fourth-order valence-electron chi connectivity index (χ4n) is 5.52. The van der Waals surface area contributed by atoms with E-state index in [0.717, 1.165) is 47.0 Å². The molecule has 0 saturated carbocycles. The van der Waals surface area contributed by atoms with Crippen LogP contribution in [0.25, 0.3) is 17.1 Å². The zero-order chi connectivity index (χ0) is 32.8. The quantitative estimate of drug-likeness (QED) is 0.184. The smallest absolute Gasteiger partial charge is 0.406 e. The predicted molar refractivity (Wildman–Crippen MR) is 177 cm³/mol. The molecule has 12 heteroatoms. The summed E-state index contributed by atoms with van der Waals surface area (Å²) < 4.78 is 42.7. The van der Waals surface area contributed by atoms with Crippen LogP contribution in [0.3, 0.4) is 0 Å². The molecule has 1 aromatic heterocycles. The highest BCUT2D eigenvalue weighted by atomic mass is 32.2. The van der Waals surface area contributed by atoms with Crippen LogP contribution in [-0.4, -0.2) is 50.7 Å². The minimum Gasteiger partial charge on any atom is -0.406 e. The van der Waals surface area contributed by atoms with Crippen molar-refractivity contribution in [2.75, 3.05) is 17.2 Å². The van der Waals surface area contributed by atoms with Crippen LogP contribution in [0.15, 0.2) is 78.0 Å². The molecule has 3 aromatic carbocycles. The SMILES string of the molecule is Cc1cccc(N2C(=NC(=O)NCCCc3ccc(-c4ncn(-c5ccc(OC(F)(F)F)cc5)n4)cc3)SCCC2C)c1C(C)C. The molecule has 1 unspecified atom stereocenters. The van der Waals surface area contributed by atoms with Gasteiger partial charge in [0.05, 0.1) is 5.69 Å². The molecule has 2 amide bonds. The number of amides is 2. The number of aromatic nitrogens is 3. The highest BCUT2D eigenvalue weighted by Gasteiger charge is 2.31. The molecule has 1 fully saturated rings. The maximum Gasteiger partial charge on any atom is 0.573 e. The fraction of sp³-hybridized carbons (Fsp3) is 0.353. The molecule has 0 bridgehead atoms. The summed E-state index contributed by atoms with van der Waals surface area (Å²) in [5, 5.41) is 8.14. The van der Waals surface area contributed by atoms with Gasteiger partial charge in [-0.1, -0.05) is 62.0 Å². The Labute approximate surface area is 271 Å². The van der Waals surface area contributed by atoms with E-state index in [1.165, 1.54) is 46.4 Å². The lowest BCUT2D eigenvalue weighted by atomic mass is 9.95. The standard InChI is InChI=1S/C34H37F3N6O2S/c1-22(2)30-23(3)7-5-9-29(30)43-24(4)18-20-46-33(43)40-32(44)38-19-6-8-25-10-12-26(13-11-25)31-39-21-42(41-31)27-14-16-28(17-15-27)45-34(35,36)37/h5,7,9-17,21-22,24H,6,8,18-20H2,1-4H3,(H,38,44). The van der Waals surface area contributed by atoms with Crippen LogP contribution in [-0.2, 0) is 6.42 Å². The van der Waals surface area contributed by atoms with Gasteiger partial charge >= 0.3 is 12.4 Å². The van der Waals surface area contributed by atoms with E-state index in [0.29, 0.717) is 24.0 Å². The van der Waals surface area contributed by atoms with Gasteiger partial charge in [-0.2, -0.15) is 4.99 Å². The van der Waals surface area contributed by atoms with Crippen LogP contribution < -0.4 is 15.0 Å². The molecular weight excluding hydrogens is 613 g/mol. The highest BCUT2D eigenvalue weighted by molar-refractivity contribution is 8.14. The van der Waals surface area contributed by atoms with E-state index in [2.05, 4.69) is 75.9 Å². The molecule has 46 heavy (non-hydrogen) atoms. The number of carbonyl (C=O) groups excluding carboxylic acids is 1. The molecule has 0 spiro atoms. The van der Waals surface area contributed by atoms with Crippen LogP contribution in [0, 0.1) is 6.92 Å². The van der Waals surface area contributed by atoms with E-state index in [4.69, 9.17) is 0 Å². The third-order valence-corrected chi connectivity index (χ3v) is 8.69. The van der Waals surface area contributed by atoms with Gasteiger partial charge in [0.25, 0.3) is 0 Å². The summed E-state index contributed by atoms with van der Waals surface area (Å²) in [4.78, 5) is 23.9. The zero-order valence-electron chi connectivity index (χ0n) is 26.2. The van der Waals surface area contributed by atoms with E-state index in [1.54, 1.807) is 11.8 Å². The van der Waals surface area contributed by atoms with Crippen molar-refractivity contribution in [2.24, 2.45) is 4.99 Å². The number of nitrogens with zero attached hydrogens (tertiary/aromatic N) is 5. The number of hydrogen-bond donors (Lipinski definition) is 1. The Balaban J connectivity index is 1.14. The molecule has 0 radical (unpaired) electrons. The number of hydrogen-bond acceptors (Lipinski definition) is 5. The second kappa shape index (κ2) is 14.4. The lowest BCUT2D eigenvalue weighted by molar-refractivity contribution is -0.274. The number of rotatable bonds is 9. The molecule has 1 saturated heterocycles. The van der Waals surface area contributed by atoms with Crippen LogP contribution in [0.4, 0.5) is 23.7 Å². The Hall–Kier alpha value is -4.32. The topological polar surface area (TPSA) is 84.6 Å². The van der Waals surface area contributed by atoms with Crippen molar-refractivity contribution in [3.8, 4) is 22.8 Å². The van der Waals surface area contributed by atoms with Gasteiger partial charge in [-0.25, -0.2) is 14.5 Å². The Kier molecular flexibility index (Phi) is 10.4. The van der Waals surface area contributed by atoms with Gasteiger partial charge in [0.15, 0.2) is 11.0 Å². The molecule has 4 aromatic rings. The molecule has 1 aliphatic rings. The predicted octanol–water partition coefficient (Wildman–Crippen LogP) is 8.29. The Bertz CT molecular complexity index is 1670. The molecule has 5 rings (SSSR count). The zero-order valence-corrected chi connectivity index (χ0v) is 27.0. The first-order chi connectivity index (χ1) is 22.0. The van der Waals surface area contributed by atoms with E-state index in [-0.39, 0.29) is 17.8 Å². The van der Waals surface area contributed by atoms with Crippen LogP contribution >= 0.6 is 11.8 Å². The summed E-state index contributed by atoms with van der Waals surface area (Å²) >= 11 is 1.62. The number of halogens is 3. The Morgan fingerprint density at radius 3 is 2.54 bits per heavy atom. The Morgan fingerprint density at radius 2 is 1.85 bits per heavy atom. The van der Waals surface area contributed by atoms with Gasteiger partial charge in [-0.05, 0) is 86.1 Å². The lowest BCUT2D eigenvalue weighted by Crippen LogP contribution is -2.43. The second-order valence-corrected chi connectivity index (χ2v) is 12.6. The number of thioether (sulfide) groups is 1. The number of nitrogens with one attached hydrogen (secondary N) is 1. The summed E-state index contributed by atoms with van der Waals surface area (Å²) in [5.74, 6) is 1.46. The molecule has 1 aliphatic heterocycles. The molecule has 0 aliphatic carbocycles. The summed E-state index contributed by atoms with van der Waals surface area (Å²) in [7, 11) is 0. The first-order valence-electron chi connectivity index (χ1n) is 15.2. The van der Waals surface area contributed by atoms with Crippen molar-refractivity contribution in [3.05, 3.63) is 89.7 Å². The maximum atomic E-state index is 12.9. The maximum absolute atomic E-state index is 12.9. The monoisotopic (exact) mass is 650 g/mol. The molecular formula is C34H37F3N6O2S. The number of benzene rings is 3. The number of alkyl halides is 3. The van der Waals surface area contributed by atoms with Gasteiger partial charge in [0.2, 0.25) is 0 Å². The van der Waals surface area contributed by atoms with Gasteiger partial charge < -0.3 is 15.0 Å². The number of anilines is 1. The largest absolute Gasteiger partial charge is 0.573 e. The lowest BCUT2D eigenvalue weighted by Gasteiger charge is -2.37. The van der Waals surface area contributed by atoms with Crippen molar-refractivity contribution in [2.45, 2.75) is 65.3 Å². The van der Waals surface area contributed by atoms with Gasteiger partial charge in [0.1, 0.15) is 12.1 Å². The van der Waals surface area contributed by atoms with Gasteiger partial charge in [-0.3, -0.25) is 0 Å². The minimum atomic E-state index is -4.74. The second-order valence-electron chi connectivity index (χ2n) is 11.5. The number of aliphatic imine (C=N–C) groups is 1. The first kappa shape index (κ1) is 33.1. The molecule has 1 N–H and O–H groups in total. The third kappa shape index (κ3) is 8.28. The van der Waals surface area contributed by atoms with Crippen molar-refractivity contribution in [1.82, 2.24) is 20.1 Å². The fourth-order valence-corrected chi connectivity index (χ4v) is 6.72. The molecule has 1 atom stereocenters. The van der Waals surface area contributed by atoms with E-state index < -0.39 is 6.36 Å². The summed E-state index contributed by atoms with van der Waals surface area (Å²) in [6.07, 6.45) is -0.702. The van der Waals surface area contributed by atoms with Crippen LogP contribution in [0.1, 0.15) is 56.2 Å². The molecule has 8 nitrogen and oxygen atoms in total. The summed E-state index contributed by atoms with van der Waals surface area (Å²) in [6, 6.07) is 19.5. The van der Waals surface area contributed by atoms with Crippen molar-refractivity contribution in [1.29, 1.82) is 0 Å². The van der Waals surface area contributed by atoms with E-state index in [9.17, 15) is 18.0 Å². The highest BCUT2D eigenvalue weighted by Crippen LogP contribution is 2.36. The van der Waals surface area contributed by atoms with Crippen molar-refractivity contribution < 1.29 is 22.7 Å². The molecule has 242 valence electrons. The van der Waals surface area contributed by atoms with E-state index >= 15 is 0 Å². The normalized spacial score (nSPS) is 16.2. The molecule has 2 heterocycles. The van der Waals surface area contributed by atoms with Crippen LogP contribution in [0.2, 0.25) is 0 Å². The van der Waals surface area contributed by atoms with Gasteiger partial charge in [0, 0.05) is 29.6 Å². The van der Waals surface area contributed by atoms with Crippen LogP contribution in [0.5, 0.6) is 5.75 Å². The number of ether oxygens (including phenoxy) is 1. The average Bonchev–Trinajstić information content (AvgIpc) is 3.49. The number of carbonyl (C=O) groups is 1. The van der Waals surface area contributed by atoms with Gasteiger partial charge in [-0.15, -0.1) is 18.3 Å². The number of aryl methyl sites for hydroxylation is 2. The van der Waals surface area contributed by atoms with Crippen molar-refractivity contribution >= 4 is 28.6 Å². The number of amidine groups is 1. The average molecular weight is 651 g/mol. The van der Waals surface area contributed by atoms with E-state index in [1.807, 2.05) is 24.3 Å². The summed E-state index contributed by atoms with van der Waals surface area (Å²) in [5.41, 5.74) is 6.12. The minimum absolute atomic E-state index is 0.243. The van der Waals surface area contributed by atoms with Crippen molar-refractivity contribution in [3.63, 3.8) is 0 Å². The Morgan fingerprint density at radius 1 is 1.11 bits per heavy atom. The first-order valence-corrected chi connectivity index (χ1v) is 16.2.